The fourth-order valence-corrected chi connectivity index (χ4v) is 2.83. The van der Waals surface area contributed by atoms with E-state index in [1.54, 1.807) is 7.11 Å². The number of ether oxygens (including phenoxy) is 1. The minimum atomic E-state index is 0.224. The number of hydrogen-bond donors (Lipinski definition) is 1. The molecule has 4 nitrogen and oxygen atoms in total. The van der Waals surface area contributed by atoms with Gasteiger partial charge < -0.3 is 15.4 Å². The van der Waals surface area contributed by atoms with Gasteiger partial charge in [0.25, 0.3) is 0 Å². The molecule has 1 aromatic carbocycles. The third kappa shape index (κ3) is 3.53. The fraction of sp³-hybridized carbons (Fsp3) is 0.500. The summed E-state index contributed by atoms with van der Waals surface area (Å²) in [4.78, 5) is 14.3. The lowest BCUT2D eigenvalue weighted by Gasteiger charge is -2.19. The van der Waals surface area contributed by atoms with Gasteiger partial charge in [0.2, 0.25) is 5.91 Å². The lowest BCUT2D eigenvalue weighted by Crippen LogP contribution is -2.25. The molecule has 1 fully saturated rings. The van der Waals surface area contributed by atoms with Gasteiger partial charge in [-0.1, -0.05) is 32.1 Å². The van der Waals surface area contributed by atoms with Gasteiger partial charge in [0.15, 0.2) is 0 Å². The molecular weight excluding hydrogens is 284 g/mol. The summed E-state index contributed by atoms with van der Waals surface area (Å²) in [6.45, 7) is 5.76. The summed E-state index contributed by atoms with van der Waals surface area (Å²) in [6.07, 6.45) is 0.649. The van der Waals surface area contributed by atoms with Crippen molar-refractivity contribution >= 4 is 23.1 Å². The van der Waals surface area contributed by atoms with Crippen LogP contribution in [0.1, 0.15) is 31.4 Å². The van der Waals surface area contributed by atoms with Gasteiger partial charge in [-0.15, -0.1) is 0 Å². The normalized spacial score (nSPS) is 18.4. The van der Waals surface area contributed by atoms with Gasteiger partial charge in [0.1, 0.15) is 10.7 Å². The molecule has 114 valence electrons. The Kier molecular flexibility index (Phi) is 4.83. The molecule has 1 atom stereocenters. The molecule has 0 saturated carbocycles. The minimum absolute atomic E-state index is 0.224. The van der Waals surface area contributed by atoms with E-state index in [0.29, 0.717) is 35.5 Å². The Morgan fingerprint density at radius 1 is 1.52 bits per heavy atom. The van der Waals surface area contributed by atoms with Crippen LogP contribution in [0.25, 0.3) is 0 Å². The SMILES string of the molecule is COc1ccc(CN2CC(C(C)C)CC2=O)cc1C(N)=S. The number of hydrogen-bond acceptors (Lipinski definition) is 3. The average molecular weight is 306 g/mol. The third-order valence-corrected chi connectivity index (χ3v) is 4.31. The van der Waals surface area contributed by atoms with Gasteiger partial charge in [0, 0.05) is 19.5 Å². The number of nitrogens with zero attached hydrogens (tertiary/aromatic N) is 1. The maximum atomic E-state index is 12.1. The molecule has 0 radical (unpaired) electrons. The molecule has 1 aliphatic heterocycles. The molecule has 0 aromatic heterocycles. The van der Waals surface area contributed by atoms with E-state index in [2.05, 4.69) is 13.8 Å². The number of thiocarbonyl (C=S) groups is 1. The highest BCUT2D eigenvalue weighted by Crippen LogP contribution is 2.27. The molecule has 21 heavy (non-hydrogen) atoms. The molecule has 1 unspecified atom stereocenters. The number of methoxy groups -OCH3 is 1. The van der Waals surface area contributed by atoms with Crippen LogP contribution >= 0.6 is 12.2 Å². The predicted molar refractivity (Wildman–Crippen MR) is 87.2 cm³/mol. The van der Waals surface area contributed by atoms with Crippen molar-refractivity contribution in [3.05, 3.63) is 29.3 Å². The number of rotatable bonds is 5. The molecule has 0 aliphatic carbocycles. The van der Waals surface area contributed by atoms with Gasteiger partial charge in [-0.2, -0.15) is 0 Å². The highest BCUT2D eigenvalue weighted by molar-refractivity contribution is 7.80. The van der Waals surface area contributed by atoms with Crippen molar-refractivity contribution in [3.8, 4) is 5.75 Å². The molecule has 1 aliphatic rings. The quantitative estimate of drug-likeness (QED) is 0.848. The Labute approximate surface area is 131 Å². The Bertz CT molecular complexity index is 557. The zero-order valence-electron chi connectivity index (χ0n) is 12.8. The summed E-state index contributed by atoms with van der Waals surface area (Å²) in [5.41, 5.74) is 7.47. The van der Waals surface area contributed by atoms with Crippen LogP contribution in [0.4, 0.5) is 0 Å². The number of likely N-dealkylation sites (tertiary alicyclic amines) is 1. The van der Waals surface area contributed by atoms with E-state index in [1.165, 1.54) is 0 Å². The Morgan fingerprint density at radius 3 is 2.76 bits per heavy atom. The molecule has 2 N–H and O–H groups in total. The Balaban J connectivity index is 2.15. The zero-order valence-corrected chi connectivity index (χ0v) is 13.6. The fourth-order valence-electron chi connectivity index (χ4n) is 2.67. The van der Waals surface area contributed by atoms with Crippen molar-refractivity contribution in [2.45, 2.75) is 26.8 Å². The monoisotopic (exact) mass is 306 g/mol. The maximum Gasteiger partial charge on any atom is 0.223 e. The third-order valence-electron chi connectivity index (χ3n) is 4.09. The van der Waals surface area contributed by atoms with E-state index in [4.69, 9.17) is 22.7 Å². The smallest absolute Gasteiger partial charge is 0.223 e. The van der Waals surface area contributed by atoms with Gasteiger partial charge in [-0.05, 0) is 29.5 Å². The topological polar surface area (TPSA) is 55.6 Å². The predicted octanol–water partition coefficient (Wildman–Crippen LogP) is 2.33. The van der Waals surface area contributed by atoms with Crippen LogP contribution in [0, 0.1) is 11.8 Å². The first-order chi connectivity index (χ1) is 9.92. The van der Waals surface area contributed by atoms with Crippen LogP contribution in [0.3, 0.4) is 0 Å². The van der Waals surface area contributed by atoms with Crippen molar-refractivity contribution in [2.75, 3.05) is 13.7 Å². The molecule has 1 amide bonds. The summed E-state index contributed by atoms with van der Waals surface area (Å²) in [6, 6.07) is 5.72. The second kappa shape index (κ2) is 6.43. The molecule has 1 saturated heterocycles. The lowest BCUT2D eigenvalue weighted by molar-refractivity contribution is -0.128. The summed E-state index contributed by atoms with van der Waals surface area (Å²) < 4.78 is 5.25. The van der Waals surface area contributed by atoms with E-state index in [-0.39, 0.29) is 5.91 Å². The van der Waals surface area contributed by atoms with Crippen molar-refractivity contribution in [1.82, 2.24) is 4.90 Å². The number of carbonyl (C=O) groups excluding carboxylic acids is 1. The molecule has 0 spiro atoms. The second-order valence-electron chi connectivity index (χ2n) is 5.88. The average Bonchev–Trinajstić information content (AvgIpc) is 2.80. The van der Waals surface area contributed by atoms with Gasteiger partial charge in [0.05, 0.1) is 12.7 Å². The first-order valence-electron chi connectivity index (χ1n) is 7.17. The zero-order chi connectivity index (χ0) is 15.6. The molecule has 0 bridgehead atoms. The van der Waals surface area contributed by atoms with E-state index in [1.807, 2.05) is 23.1 Å². The molecule has 5 heteroatoms. The summed E-state index contributed by atoms with van der Waals surface area (Å²) in [5, 5.41) is 0. The minimum Gasteiger partial charge on any atom is -0.496 e. The van der Waals surface area contributed by atoms with Crippen LogP contribution < -0.4 is 10.5 Å². The summed E-state index contributed by atoms with van der Waals surface area (Å²) >= 11 is 5.05. The summed E-state index contributed by atoms with van der Waals surface area (Å²) in [7, 11) is 1.59. The van der Waals surface area contributed by atoms with Crippen LogP contribution in [0.2, 0.25) is 0 Å². The van der Waals surface area contributed by atoms with Crippen molar-refractivity contribution in [2.24, 2.45) is 17.6 Å². The van der Waals surface area contributed by atoms with Crippen molar-refractivity contribution in [3.63, 3.8) is 0 Å². The molecule has 1 aromatic rings. The van der Waals surface area contributed by atoms with Gasteiger partial charge in [-0.25, -0.2) is 0 Å². The second-order valence-corrected chi connectivity index (χ2v) is 6.32. The van der Waals surface area contributed by atoms with Crippen LogP contribution in [-0.4, -0.2) is 29.5 Å². The van der Waals surface area contributed by atoms with E-state index in [9.17, 15) is 4.79 Å². The number of benzene rings is 1. The molecule has 2 rings (SSSR count). The highest BCUT2D eigenvalue weighted by atomic mass is 32.1. The Morgan fingerprint density at radius 2 is 2.24 bits per heavy atom. The Hall–Kier alpha value is -1.62. The van der Waals surface area contributed by atoms with Crippen LogP contribution in [0.15, 0.2) is 18.2 Å². The maximum absolute atomic E-state index is 12.1. The van der Waals surface area contributed by atoms with Crippen LogP contribution in [0.5, 0.6) is 5.75 Å². The first kappa shape index (κ1) is 15.8. The summed E-state index contributed by atoms with van der Waals surface area (Å²) in [5.74, 6) is 1.87. The standard InChI is InChI=1S/C16H22N2O2S/c1-10(2)12-7-15(19)18(9-12)8-11-4-5-14(20-3)13(6-11)16(17)21/h4-6,10,12H,7-9H2,1-3H3,(H2,17,21). The lowest BCUT2D eigenvalue weighted by atomic mass is 9.95. The van der Waals surface area contributed by atoms with E-state index < -0.39 is 0 Å². The van der Waals surface area contributed by atoms with Gasteiger partial charge >= 0.3 is 0 Å². The van der Waals surface area contributed by atoms with Crippen molar-refractivity contribution in [1.29, 1.82) is 0 Å². The number of carbonyl (C=O) groups is 1. The van der Waals surface area contributed by atoms with Gasteiger partial charge in [-0.3, -0.25) is 4.79 Å². The molecule has 1 heterocycles. The van der Waals surface area contributed by atoms with Crippen LogP contribution in [-0.2, 0) is 11.3 Å². The van der Waals surface area contributed by atoms with E-state index >= 15 is 0 Å². The first-order valence-corrected chi connectivity index (χ1v) is 7.57. The number of nitrogens with two attached hydrogens (primary N) is 1. The largest absolute Gasteiger partial charge is 0.496 e. The van der Waals surface area contributed by atoms with E-state index in [0.717, 1.165) is 17.7 Å². The van der Waals surface area contributed by atoms with Crippen molar-refractivity contribution < 1.29 is 9.53 Å². The molecular formula is C16H22N2O2S. The highest BCUT2D eigenvalue weighted by Gasteiger charge is 2.31. The number of amides is 1.